The number of cyclic esters (lactones) is 1. The van der Waals surface area contributed by atoms with E-state index in [9.17, 15) is 18.4 Å². The Kier molecular flexibility index (Phi) is 12.0. The highest BCUT2D eigenvalue weighted by Crippen LogP contribution is 2.42. The number of imide groups is 1. The number of nitrogens with zero attached hydrogens (tertiary/aromatic N) is 1. The predicted molar refractivity (Wildman–Crippen MR) is 199 cm³/mol. The lowest BCUT2D eigenvalue weighted by atomic mass is 9.85. The molecule has 1 aliphatic rings. The molecular formula is C40H45BrF2N2O4Si. The van der Waals surface area contributed by atoms with Crippen LogP contribution in [0.4, 0.5) is 19.3 Å². The van der Waals surface area contributed by atoms with Crippen LogP contribution in [0.15, 0.2) is 108 Å². The molecule has 1 saturated heterocycles. The predicted octanol–water partition coefficient (Wildman–Crippen LogP) is 10.6. The number of nitrogens with one attached hydrogen (secondary N) is 1. The molecule has 10 heteroatoms. The molecule has 2 amide bonds. The SMILES string of the molecule is CC(C)(C)[Si](C)(C)O[C@H](CC[C@@H](C(=O)N1C(=O)OC[C@@H]1Cc1ccccc1)[C@H](Nc1ccc(F)cc1)c1ccc(Br)cc1)c1ccc(F)cc1. The Morgan fingerprint density at radius 2 is 1.48 bits per heavy atom. The van der Waals surface area contributed by atoms with Crippen LogP contribution in [0.3, 0.4) is 0 Å². The minimum atomic E-state index is -2.34. The van der Waals surface area contributed by atoms with Gasteiger partial charge in [0, 0.05) is 10.2 Å². The van der Waals surface area contributed by atoms with Crippen LogP contribution in [0, 0.1) is 17.6 Å². The van der Waals surface area contributed by atoms with Crippen LogP contribution in [0.2, 0.25) is 18.1 Å². The second-order valence-electron chi connectivity index (χ2n) is 14.4. The van der Waals surface area contributed by atoms with Crippen molar-refractivity contribution in [2.45, 2.75) is 76.4 Å². The summed E-state index contributed by atoms with van der Waals surface area (Å²) in [6.45, 7) is 10.9. The van der Waals surface area contributed by atoms with Gasteiger partial charge in [0.1, 0.15) is 18.2 Å². The van der Waals surface area contributed by atoms with Crippen molar-refractivity contribution in [1.29, 1.82) is 0 Å². The van der Waals surface area contributed by atoms with E-state index < -0.39 is 38.5 Å². The van der Waals surface area contributed by atoms with Crippen LogP contribution in [0.5, 0.6) is 0 Å². The van der Waals surface area contributed by atoms with Crippen molar-refractivity contribution in [2.75, 3.05) is 11.9 Å². The maximum absolute atomic E-state index is 15.0. The third kappa shape index (κ3) is 9.27. The Balaban J connectivity index is 1.56. The van der Waals surface area contributed by atoms with Crippen LogP contribution in [0.25, 0.3) is 0 Å². The molecule has 0 radical (unpaired) electrons. The number of ether oxygens (including phenoxy) is 1. The van der Waals surface area contributed by atoms with Gasteiger partial charge >= 0.3 is 6.09 Å². The van der Waals surface area contributed by atoms with Crippen LogP contribution in [0.1, 0.15) is 62.4 Å². The van der Waals surface area contributed by atoms with Gasteiger partial charge in [-0.3, -0.25) is 4.79 Å². The first kappa shape index (κ1) is 37.4. The number of halogens is 3. The first-order valence-electron chi connectivity index (χ1n) is 17.0. The lowest BCUT2D eigenvalue weighted by Crippen LogP contribution is -2.46. The summed E-state index contributed by atoms with van der Waals surface area (Å²) in [5, 5.41) is 3.40. The lowest BCUT2D eigenvalue weighted by molar-refractivity contribution is -0.134. The lowest BCUT2D eigenvalue weighted by Gasteiger charge is -2.40. The molecule has 5 rings (SSSR count). The number of anilines is 1. The first-order valence-corrected chi connectivity index (χ1v) is 20.7. The minimum Gasteiger partial charge on any atom is -0.447 e. The topological polar surface area (TPSA) is 67.9 Å². The fourth-order valence-corrected chi connectivity index (χ4v) is 7.61. The van der Waals surface area contributed by atoms with Crippen molar-refractivity contribution in [3.05, 3.63) is 136 Å². The second-order valence-corrected chi connectivity index (χ2v) is 20.1. The zero-order valence-electron chi connectivity index (χ0n) is 29.2. The van der Waals surface area contributed by atoms with Crippen LogP contribution < -0.4 is 5.32 Å². The summed E-state index contributed by atoms with van der Waals surface area (Å²) in [4.78, 5) is 29.6. The monoisotopic (exact) mass is 762 g/mol. The van der Waals surface area contributed by atoms with E-state index in [1.165, 1.54) is 29.2 Å². The Hall–Kier alpha value is -3.86. The average molecular weight is 764 g/mol. The summed E-state index contributed by atoms with van der Waals surface area (Å²) in [6.07, 6.45) is 0.0655. The molecule has 0 bridgehead atoms. The van der Waals surface area contributed by atoms with E-state index in [1.807, 2.05) is 54.6 Å². The molecule has 0 unspecified atom stereocenters. The van der Waals surface area contributed by atoms with Crippen molar-refractivity contribution in [3.63, 3.8) is 0 Å². The normalized spacial score (nSPS) is 16.8. The molecule has 264 valence electrons. The van der Waals surface area contributed by atoms with Gasteiger partial charge in [-0.25, -0.2) is 18.5 Å². The molecule has 0 spiro atoms. The molecule has 1 fully saturated rings. The summed E-state index contributed by atoms with van der Waals surface area (Å²) in [7, 11) is -2.34. The standard InChI is InChI=1S/C40H45BrF2N2O4Si/c1-40(2,3)50(4,5)49-36(28-13-17-31(42)18-14-28)24-23-35(38(46)45-34(26-48-39(45)47)25-27-9-7-6-8-10-27)37(29-11-15-30(41)16-12-29)44-33-21-19-32(43)20-22-33/h6-22,34-37,44H,23-26H2,1-5H3/t34-,35+,36+,37+/m0/s1. The van der Waals surface area contributed by atoms with Gasteiger partial charge in [-0.15, -0.1) is 0 Å². The Morgan fingerprint density at radius 3 is 2.08 bits per heavy atom. The summed E-state index contributed by atoms with van der Waals surface area (Å²) < 4.78 is 41.4. The molecule has 0 saturated carbocycles. The Bertz CT molecular complexity index is 1730. The van der Waals surface area contributed by atoms with E-state index in [2.05, 4.69) is 55.1 Å². The first-order chi connectivity index (χ1) is 23.7. The minimum absolute atomic E-state index is 0.0905. The average Bonchev–Trinajstić information content (AvgIpc) is 3.44. The molecule has 4 atom stereocenters. The zero-order chi connectivity index (χ0) is 36.1. The number of amides is 2. The molecule has 1 aliphatic heterocycles. The summed E-state index contributed by atoms with van der Waals surface area (Å²) in [5.74, 6) is -1.88. The van der Waals surface area contributed by atoms with E-state index in [-0.39, 0.29) is 29.2 Å². The molecule has 6 nitrogen and oxygen atoms in total. The van der Waals surface area contributed by atoms with E-state index in [0.717, 1.165) is 21.2 Å². The molecule has 1 heterocycles. The Morgan fingerprint density at radius 1 is 0.900 bits per heavy atom. The van der Waals surface area contributed by atoms with E-state index >= 15 is 0 Å². The van der Waals surface area contributed by atoms with Crippen LogP contribution >= 0.6 is 15.9 Å². The van der Waals surface area contributed by atoms with Gasteiger partial charge in [-0.05, 0) is 103 Å². The highest BCUT2D eigenvalue weighted by atomic mass is 79.9. The molecule has 4 aromatic rings. The van der Waals surface area contributed by atoms with Crippen molar-refractivity contribution >= 4 is 41.9 Å². The van der Waals surface area contributed by atoms with Gasteiger partial charge in [-0.2, -0.15) is 0 Å². The summed E-state index contributed by atoms with van der Waals surface area (Å²) in [6, 6.07) is 28.6. The summed E-state index contributed by atoms with van der Waals surface area (Å²) in [5.41, 5.74) is 3.23. The number of benzene rings is 4. The highest BCUT2D eigenvalue weighted by Gasteiger charge is 2.44. The number of carbonyl (C=O) groups is 2. The third-order valence-electron chi connectivity index (χ3n) is 9.85. The van der Waals surface area contributed by atoms with Crippen molar-refractivity contribution in [3.8, 4) is 0 Å². The maximum Gasteiger partial charge on any atom is 0.416 e. The summed E-state index contributed by atoms with van der Waals surface area (Å²) >= 11 is 3.52. The largest absolute Gasteiger partial charge is 0.447 e. The van der Waals surface area contributed by atoms with Crippen molar-refractivity contribution in [2.24, 2.45) is 5.92 Å². The molecule has 50 heavy (non-hydrogen) atoms. The molecule has 4 aromatic carbocycles. The van der Waals surface area contributed by atoms with Crippen LogP contribution in [-0.2, 0) is 20.4 Å². The fourth-order valence-electron chi connectivity index (χ4n) is 6.02. The zero-order valence-corrected chi connectivity index (χ0v) is 31.8. The smallest absolute Gasteiger partial charge is 0.416 e. The van der Waals surface area contributed by atoms with Gasteiger partial charge in [-0.1, -0.05) is 91.3 Å². The maximum atomic E-state index is 15.0. The number of rotatable bonds is 13. The molecule has 1 N–H and O–H groups in total. The third-order valence-corrected chi connectivity index (χ3v) is 14.9. The highest BCUT2D eigenvalue weighted by molar-refractivity contribution is 9.10. The van der Waals surface area contributed by atoms with Gasteiger partial charge < -0.3 is 14.5 Å². The molecule has 0 aliphatic carbocycles. The van der Waals surface area contributed by atoms with E-state index in [4.69, 9.17) is 9.16 Å². The molecule has 0 aromatic heterocycles. The van der Waals surface area contributed by atoms with Gasteiger partial charge in [0.2, 0.25) is 5.91 Å². The fraction of sp³-hybridized carbons (Fsp3) is 0.350. The van der Waals surface area contributed by atoms with Crippen molar-refractivity contribution < 1.29 is 27.5 Å². The molecular weight excluding hydrogens is 718 g/mol. The van der Waals surface area contributed by atoms with Gasteiger partial charge in [0.05, 0.1) is 24.1 Å². The van der Waals surface area contributed by atoms with E-state index in [0.29, 0.717) is 24.9 Å². The number of carbonyl (C=O) groups excluding carboxylic acids is 2. The number of hydrogen-bond donors (Lipinski definition) is 1. The quantitative estimate of drug-likeness (QED) is 0.137. The van der Waals surface area contributed by atoms with Crippen molar-refractivity contribution in [1.82, 2.24) is 4.90 Å². The second kappa shape index (κ2) is 16.0. The van der Waals surface area contributed by atoms with Gasteiger partial charge in [0.15, 0.2) is 8.32 Å². The Labute approximate surface area is 303 Å². The van der Waals surface area contributed by atoms with E-state index in [1.54, 1.807) is 24.3 Å². The van der Waals surface area contributed by atoms with Gasteiger partial charge in [0.25, 0.3) is 0 Å². The van der Waals surface area contributed by atoms with Crippen LogP contribution in [-0.4, -0.2) is 37.9 Å². The number of hydrogen-bond acceptors (Lipinski definition) is 5.